The summed E-state index contributed by atoms with van der Waals surface area (Å²) in [5, 5.41) is 0. The van der Waals surface area contributed by atoms with Crippen molar-refractivity contribution in [2.75, 3.05) is 14.7 Å². The first-order valence-electron chi connectivity index (χ1n) is 25.5. The lowest BCUT2D eigenvalue weighted by atomic mass is 9.32. The van der Waals surface area contributed by atoms with Crippen LogP contribution in [0.2, 0.25) is 0 Å². The molecule has 0 bridgehead atoms. The van der Waals surface area contributed by atoms with Gasteiger partial charge in [0.05, 0.1) is 16.8 Å². The number of anilines is 7. The van der Waals surface area contributed by atoms with Crippen molar-refractivity contribution >= 4 is 62.9 Å². The summed E-state index contributed by atoms with van der Waals surface area (Å²) in [6.45, 7) is 29.6. The number of hydrogen-bond acceptors (Lipinski definition) is 3. The number of hydrogen-bond donors (Lipinski definition) is 0. The normalized spacial score (nSPS) is 25.8. The van der Waals surface area contributed by atoms with Gasteiger partial charge in [0.1, 0.15) is 0 Å². The SMILES string of the molecule is Cc1cc(C)c2c3c1B1c4ccc(C(C)(C)C)cc4N(c4ccc(C(C)(C)C)cc4-c4ccccc4)c4cc(N5c6ccccc6C6(C)CCCCC56C)cc(c41)N3C1(C)CCCCC21C. The van der Waals surface area contributed by atoms with Crippen LogP contribution in [0, 0.1) is 13.8 Å². The van der Waals surface area contributed by atoms with Crippen molar-refractivity contribution < 1.29 is 0 Å². The molecule has 4 unspecified atom stereocenters. The van der Waals surface area contributed by atoms with Gasteiger partial charge in [-0.05, 0) is 150 Å². The van der Waals surface area contributed by atoms with E-state index in [1.165, 1.54) is 147 Å². The number of aryl methyl sites for hydroxylation is 2. The largest absolute Gasteiger partial charge is 0.335 e. The average molecular weight is 868 g/mol. The Kier molecular flexibility index (Phi) is 8.75. The molecule has 2 fully saturated rings. The monoisotopic (exact) mass is 868 g/mol. The Morgan fingerprint density at radius 2 is 1.11 bits per heavy atom. The molecule has 0 spiro atoms. The lowest BCUT2D eigenvalue weighted by molar-refractivity contribution is 0.193. The van der Waals surface area contributed by atoms with Crippen LogP contribution in [0.5, 0.6) is 0 Å². The molecule has 0 amide bonds. The summed E-state index contributed by atoms with van der Waals surface area (Å²) in [5.74, 6) is 0. The summed E-state index contributed by atoms with van der Waals surface area (Å²) < 4.78 is 0. The van der Waals surface area contributed by atoms with Gasteiger partial charge in [0.2, 0.25) is 0 Å². The molecular formula is C62H70BN3. The molecule has 3 nitrogen and oxygen atoms in total. The summed E-state index contributed by atoms with van der Waals surface area (Å²) in [5.41, 5.74) is 25.1. The first-order chi connectivity index (χ1) is 31.3. The summed E-state index contributed by atoms with van der Waals surface area (Å²) in [4.78, 5) is 8.56. The smallest absolute Gasteiger partial charge is 0.252 e. The van der Waals surface area contributed by atoms with Crippen molar-refractivity contribution in [3.63, 3.8) is 0 Å². The van der Waals surface area contributed by atoms with Crippen LogP contribution in [0.25, 0.3) is 11.1 Å². The summed E-state index contributed by atoms with van der Waals surface area (Å²) in [6, 6.07) is 43.6. The number of rotatable bonds is 3. The predicted octanol–water partition coefficient (Wildman–Crippen LogP) is 14.7. The molecule has 2 aliphatic carbocycles. The van der Waals surface area contributed by atoms with Gasteiger partial charge in [-0.3, -0.25) is 0 Å². The van der Waals surface area contributed by atoms with Crippen LogP contribution in [-0.2, 0) is 21.7 Å². The van der Waals surface area contributed by atoms with Gasteiger partial charge in [-0.15, -0.1) is 0 Å². The van der Waals surface area contributed by atoms with Gasteiger partial charge in [-0.2, -0.15) is 0 Å². The highest BCUT2D eigenvalue weighted by Gasteiger charge is 2.63. The summed E-state index contributed by atoms with van der Waals surface area (Å²) in [6.07, 6.45) is 9.86. The standard InChI is InChI=1S/C62H70BN3/c1-39-34-40(2)54-56-53(39)60(10)31-19-21-33-62(60,12)66(56)52-38-44(65-49-25-17-16-24-46(49)59(9)30-18-20-32-61(59,65)11)37-51-55(52)63(54)47-28-26-43(58(6,7)8)36-50(47)64(51)48-29-27-42(57(3,4)5)35-45(48)41-22-14-13-15-23-41/h13-17,22-29,34-38H,18-21,30-33H2,1-12H3. The zero-order valence-electron chi connectivity index (χ0n) is 42.0. The quantitative estimate of drug-likeness (QED) is 0.164. The Bertz CT molecular complexity index is 3020. The number of fused-ring (bicyclic) bond motifs is 10. The van der Waals surface area contributed by atoms with E-state index in [0.717, 1.165) is 0 Å². The van der Waals surface area contributed by atoms with Crippen LogP contribution in [0.15, 0.2) is 109 Å². The lowest BCUT2D eigenvalue weighted by Gasteiger charge is -2.54. The zero-order valence-corrected chi connectivity index (χ0v) is 42.0. The van der Waals surface area contributed by atoms with Crippen LogP contribution in [0.3, 0.4) is 0 Å². The molecular weight excluding hydrogens is 798 g/mol. The number of para-hydroxylation sites is 1. The van der Waals surface area contributed by atoms with Gasteiger partial charge < -0.3 is 14.7 Å². The third-order valence-electron chi connectivity index (χ3n) is 18.9. The fourth-order valence-electron chi connectivity index (χ4n) is 15.0. The molecule has 12 rings (SSSR count). The van der Waals surface area contributed by atoms with Gasteiger partial charge in [0, 0.05) is 50.5 Å². The summed E-state index contributed by atoms with van der Waals surface area (Å²) >= 11 is 0. The molecule has 0 radical (unpaired) electrons. The van der Waals surface area contributed by atoms with Crippen molar-refractivity contribution in [2.45, 2.75) is 167 Å². The highest BCUT2D eigenvalue weighted by Crippen LogP contribution is 2.65. The molecule has 0 saturated heterocycles. The molecule has 0 N–H and O–H groups in total. The van der Waals surface area contributed by atoms with E-state index in [9.17, 15) is 0 Å². The maximum Gasteiger partial charge on any atom is 0.252 e. The molecule has 66 heavy (non-hydrogen) atoms. The van der Waals surface area contributed by atoms with Gasteiger partial charge in [-0.1, -0.05) is 159 Å². The van der Waals surface area contributed by atoms with Gasteiger partial charge in [-0.25, -0.2) is 0 Å². The summed E-state index contributed by atoms with van der Waals surface area (Å²) in [7, 11) is 0. The maximum absolute atomic E-state index is 2.97. The fraction of sp³-hybridized carbons (Fsp3) is 0.419. The first-order valence-corrected chi connectivity index (χ1v) is 25.5. The van der Waals surface area contributed by atoms with E-state index in [0.29, 0.717) is 0 Å². The average Bonchev–Trinajstić information content (AvgIpc) is 3.63. The Morgan fingerprint density at radius 1 is 0.500 bits per heavy atom. The van der Waals surface area contributed by atoms with Crippen LogP contribution in [0.1, 0.15) is 154 Å². The molecule has 4 heteroatoms. The van der Waals surface area contributed by atoms with Gasteiger partial charge in [0.15, 0.2) is 0 Å². The van der Waals surface area contributed by atoms with Crippen molar-refractivity contribution in [3.8, 4) is 11.1 Å². The van der Waals surface area contributed by atoms with E-state index >= 15 is 0 Å². The molecule has 336 valence electrons. The van der Waals surface area contributed by atoms with Crippen molar-refractivity contribution in [1.82, 2.24) is 0 Å². The highest BCUT2D eigenvalue weighted by atomic mass is 15.3. The Balaban J connectivity index is 1.25. The molecule has 4 heterocycles. The molecule has 6 aromatic carbocycles. The van der Waals surface area contributed by atoms with Gasteiger partial charge in [0.25, 0.3) is 6.71 Å². The Morgan fingerprint density at radius 3 is 1.82 bits per heavy atom. The Labute approximate surface area is 396 Å². The first kappa shape index (κ1) is 42.2. The zero-order chi connectivity index (χ0) is 46.1. The molecule has 4 aliphatic heterocycles. The van der Waals surface area contributed by atoms with E-state index < -0.39 is 0 Å². The predicted molar refractivity (Wildman–Crippen MR) is 284 cm³/mol. The minimum atomic E-state index is -0.0746. The molecule has 0 aromatic heterocycles. The van der Waals surface area contributed by atoms with Crippen molar-refractivity contribution in [2.24, 2.45) is 0 Å². The van der Waals surface area contributed by atoms with E-state index in [1.807, 2.05) is 0 Å². The second kappa shape index (κ2) is 13.7. The van der Waals surface area contributed by atoms with Crippen LogP contribution in [-0.4, -0.2) is 17.8 Å². The minimum absolute atomic E-state index is 0.00833. The maximum atomic E-state index is 2.97. The minimum Gasteiger partial charge on any atom is -0.335 e. The number of benzene rings is 6. The second-order valence-corrected chi connectivity index (χ2v) is 24.5. The van der Waals surface area contributed by atoms with Crippen LogP contribution < -0.4 is 31.1 Å². The Hall–Kier alpha value is -5.22. The molecule has 6 aromatic rings. The van der Waals surface area contributed by atoms with E-state index in [4.69, 9.17) is 0 Å². The fourth-order valence-corrected chi connectivity index (χ4v) is 15.0. The molecule has 4 atom stereocenters. The van der Waals surface area contributed by atoms with E-state index in [2.05, 4.69) is 207 Å². The topological polar surface area (TPSA) is 9.72 Å². The highest BCUT2D eigenvalue weighted by molar-refractivity contribution is 7.00. The van der Waals surface area contributed by atoms with E-state index in [-0.39, 0.29) is 39.5 Å². The molecule has 6 aliphatic rings. The third-order valence-corrected chi connectivity index (χ3v) is 18.9. The van der Waals surface area contributed by atoms with E-state index in [1.54, 1.807) is 5.56 Å². The van der Waals surface area contributed by atoms with Crippen LogP contribution in [0.4, 0.5) is 39.8 Å². The number of nitrogens with zero attached hydrogens (tertiary/aromatic N) is 3. The van der Waals surface area contributed by atoms with Crippen molar-refractivity contribution in [1.29, 1.82) is 0 Å². The van der Waals surface area contributed by atoms with Crippen LogP contribution >= 0.6 is 0 Å². The lowest BCUT2D eigenvalue weighted by Crippen LogP contribution is -2.65. The van der Waals surface area contributed by atoms with Gasteiger partial charge >= 0.3 is 0 Å². The third kappa shape index (κ3) is 5.34. The molecule has 2 saturated carbocycles. The van der Waals surface area contributed by atoms with Crippen molar-refractivity contribution in [3.05, 3.63) is 143 Å². The second-order valence-electron chi connectivity index (χ2n) is 24.5.